The van der Waals surface area contributed by atoms with Gasteiger partial charge in [-0.3, -0.25) is 9.69 Å². The molecule has 9 heteroatoms. The Labute approximate surface area is 209 Å². The molecule has 0 spiro atoms. The number of piperidine rings is 1. The Bertz CT molecular complexity index is 1350. The summed E-state index contributed by atoms with van der Waals surface area (Å²) in [5.41, 5.74) is 4.84. The first-order valence-electron chi connectivity index (χ1n) is 12.4. The summed E-state index contributed by atoms with van der Waals surface area (Å²) in [5.74, 6) is 0.828. The summed E-state index contributed by atoms with van der Waals surface area (Å²) >= 11 is 0. The summed E-state index contributed by atoms with van der Waals surface area (Å²) in [5, 5.41) is 13.1. The van der Waals surface area contributed by atoms with E-state index in [-0.39, 0.29) is 18.1 Å². The Kier molecular flexibility index (Phi) is 6.16. The van der Waals surface area contributed by atoms with Crippen molar-refractivity contribution in [3.05, 3.63) is 77.2 Å². The van der Waals surface area contributed by atoms with Gasteiger partial charge in [0.25, 0.3) is 5.91 Å². The van der Waals surface area contributed by atoms with Crippen molar-refractivity contribution in [3.8, 4) is 5.75 Å². The quantitative estimate of drug-likeness (QED) is 0.433. The van der Waals surface area contributed by atoms with Gasteiger partial charge >= 0.3 is 0 Å². The van der Waals surface area contributed by atoms with Gasteiger partial charge in [0.05, 0.1) is 26.0 Å². The number of nitrogens with zero attached hydrogens (tertiary/aromatic N) is 4. The number of aromatic amines is 1. The maximum atomic E-state index is 12.9. The van der Waals surface area contributed by atoms with Crippen LogP contribution in [-0.2, 0) is 24.4 Å². The second-order valence-electron chi connectivity index (χ2n) is 9.51. The number of aromatic nitrogens is 4. The van der Waals surface area contributed by atoms with Crippen LogP contribution in [0.1, 0.15) is 46.3 Å². The van der Waals surface area contributed by atoms with Gasteiger partial charge in [0.1, 0.15) is 17.5 Å². The third-order valence-electron chi connectivity index (χ3n) is 7.30. The molecule has 1 fully saturated rings. The first-order valence-corrected chi connectivity index (χ1v) is 12.4. The number of amides is 1. The number of benzene rings is 2. The highest BCUT2D eigenvalue weighted by atomic mass is 16.5. The SMILES string of the molecule is COc1ccc([C@H]2Cn3nnc(CN4CCC(NC(=O)c5cccc6[nH]ccc56)CC4)c3CO2)cc1. The molecule has 0 saturated carbocycles. The fourth-order valence-corrected chi connectivity index (χ4v) is 5.20. The van der Waals surface area contributed by atoms with Gasteiger partial charge in [-0.25, -0.2) is 4.68 Å². The largest absolute Gasteiger partial charge is 0.497 e. The molecule has 36 heavy (non-hydrogen) atoms. The number of fused-ring (bicyclic) bond motifs is 2. The van der Waals surface area contributed by atoms with E-state index in [0.717, 1.165) is 71.6 Å². The summed E-state index contributed by atoms with van der Waals surface area (Å²) in [6.07, 6.45) is 3.64. The van der Waals surface area contributed by atoms with E-state index in [1.807, 2.05) is 59.4 Å². The Hall–Kier alpha value is -3.69. The number of hydrogen-bond donors (Lipinski definition) is 2. The molecule has 0 unspecified atom stereocenters. The summed E-state index contributed by atoms with van der Waals surface area (Å²) in [7, 11) is 1.67. The van der Waals surface area contributed by atoms with Gasteiger partial charge in [-0.15, -0.1) is 5.10 Å². The second-order valence-corrected chi connectivity index (χ2v) is 9.51. The van der Waals surface area contributed by atoms with Crippen LogP contribution in [0.15, 0.2) is 54.7 Å². The average molecular weight is 487 g/mol. The van der Waals surface area contributed by atoms with Gasteiger partial charge in [0, 0.05) is 48.3 Å². The van der Waals surface area contributed by atoms with Gasteiger partial charge < -0.3 is 19.8 Å². The molecule has 0 aliphatic carbocycles. The molecule has 2 aliphatic rings. The number of likely N-dealkylation sites (tertiary alicyclic amines) is 1. The molecule has 9 nitrogen and oxygen atoms in total. The molecular formula is C27H30N6O3. The molecule has 2 aromatic carbocycles. The lowest BCUT2D eigenvalue weighted by Gasteiger charge is -2.32. The highest BCUT2D eigenvalue weighted by molar-refractivity contribution is 6.06. The normalized spacial score (nSPS) is 18.8. The Morgan fingerprint density at radius 3 is 2.81 bits per heavy atom. The lowest BCUT2D eigenvalue weighted by atomic mass is 10.0. The highest BCUT2D eigenvalue weighted by Gasteiger charge is 2.27. The van der Waals surface area contributed by atoms with Crippen LogP contribution in [0.4, 0.5) is 0 Å². The number of carbonyl (C=O) groups is 1. The number of H-pyrrole nitrogens is 1. The van der Waals surface area contributed by atoms with Crippen molar-refractivity contribution >= 4 is 16.8 Å². The predicted molar refractivity (Wildman–Crippen MR) is 135 cm³/mol. The van der Waals surface area contributed by atoms with Crippen LogP contribution in [0.2, 0.25) is 0 Å². The average Bonchev–Trinajstić information content (AvgIpc) is 3.56. The van der Waals surface area contributed by atoms with E-state index in [9.17, 15) is 4.79 Å². The zero-order valence-corrected chi connectivity index (χ0v) is 20.3. The molecule has 0 radical (unpaired) electrons. The zero-order chi connectivity index (χ0) is 24.5. The van der Waals surface area contributed by atoms with Crippen LogP contribution in [0, 0.1) is 0 Å². The number of methoxy groups -OCH3 is 1. The van der Waals surface area contributed by atoms with Crippen LogP contribution in [0.25, 0.3) is 10.9 Å². The van der Waals surface area contributed by atoms with Crippen molar-refractivity contribution in [2.24, 2.45) is 0 Å². The molecule has 2 aromatic heterocycles. The molecule has 1 amide bonds. The number of ether oxygens (including phenoxy) is 2. The van der Waals surface area contributed by atoms with E-state index in [4.69, 9.17) is 9.47 Å². The molecule has 186 valence electrons. The molecule has 0 bridgehead atoms. The van der Waals surface area contributed by atoms with Gasteiger partial charge in [0.2, 0.25) is 0 Å². The molecule has 6 rings (SSSR count). The van der Waals surface area contributed by atoms with Gasteiger partial charge in [0.15, 0.2) is 0 Å². The van der Waals surface area contributed by atoms with Crippen molar-refractivity contribution in [2.75, 3.05) is 20.2 Å². The maximum absolute atomic E-state index is 12.9. The smallest absolute Gasteiger partial charge is 0.252 e. The van der Waals surface area contributed by atoms with Gasteiger partial charge in [-0.1, -0.05) is 23.4 Å². The van der Waals surface area contributed by atoms with E-state index < -0.39 is 0 Å². The van der Waals surface area contributed by atoms with E-state index >= 15 is 0 Å². The molecule has 1 atom stereocenters. The van der Waals surface area contributed by atoms with Crippen LogP contribution >= 0.6 is 0 Å². The summed E-state index contributed by atoms with van der Waals surface area (Å²) in [6, 6.07) is 15.9. The van der Waals surface area contributed by atoms with Crippen LogP contribution in [0.3, 0.4) is 0 Å². The minimum absolute atomic E-state index is 0.00501. The standard InChI is InChI=1S/C27H30N6O3/c1-35-20-7-5-18(6-8-20)26-16-33-25(17-36-26)24(30-31-33)15-32-13-10-19(11-14-32)29-27(34)22-3-2-4-23-21(22)9-12-28-23/h2-9,12,19,26,28H,10-11,13-17H2,1H3,(H,29,34)/t26-/m1/s1. The monoisotopic (exact) mass is 486 g/mol. The van der Waals surface area contributed by atoms with E-state index in [0.29, 0.717) is 13.2 Å². The minimum atomic E-state index is -0.0468. The number of carbonyl (C=O) groups excluding carboxylic acids is 1. The summed E-state index contributed by atoms with van der Waals surface area (Å²) in [4.78, 5) is 18.5. The van der Waals surface area contributed by atoms with Crippen molar-refractivity contribution < 1.29 is 14.3 Å². The van der Waals surface area contributed by atoms with Crippen molar-refractivity contribution in [3.63, 3.8) is 0 Å². The minimum Gasteiger partial charge on any atom is -0.497 e. The summed E-state index contributed by atoms with van der Waals surface area (Å²) in [6.45, 7) is 3.70. The summed E-state index contributed by atoms with van der Waals surface area (Å²) < 4.78 is 13.4. The zero-order valence-electron chi connectivity index (χ0n) is 20.3. The van der Waals surface area contributed by atoms with E-state index in [1.165, 1.54) is 0 Å². The Balaban J connectivity index is 1.03. The topological polar surface area (TPSA) is 97.3 Å². The lowest BCUT2D eigenvalue weighted by molar-refractivity contribution is -0.00218. The van der Waals surface area contributed by atoms with Crippen LogP contribution in [0.5, 0.6) is 5.75 Å². The fourth-order valence-electron chi connectivity index (χ4n) is 5.20. The third kappa shape index (κ3) is 4.47. The van der Waals surface area contributed by atoms with E-state index in [2.05, 4.69) is 25.5 Å². The Morgan fingerprint density at radius 1 is 1.17 bits per heavy atom. The molecule has 1 saturated heterocycles. The third-order valence-corrected chi connectivity index (χ3v) is 7.30. The molecule has 2 aliphatic heterocycles. The first kappa shape index (κ1) is 22.8. The predicted octanol–water partition coefficient (Wildman–Crippen LogP) is 3.43. The lowest BCUT2D eigenvalue weighted by Crippen LogP contribution is -2.44. The van der Waals surface area contributed by atoms with Gasteiger partial charge in [-0.2, -0.15) is 0 Å². The van der Waals surface area contributed by atoms with Crippen LogP contribution in [-0.4, -0.2) is 57.0 Å². The van der Waals surface area contributed by atoms with Crippen LogP contribution < -0.4 is 10.1 Å². The molecule has 4 aromatic rings. The molecule has 4 heterocycles. The number of nitrogens with one attached hydrogen (secondary N) is 2. The molecular weight excluding hydrogens is 456 g/mol. The number of rotatable bonds is 6. The molecule has 2 N–H and O–H groups in total. The second kappa shape index (κ2) is 9.75. The fraction of sp³-hybridized carbons (Fsp3) is 0.370. The van der Waals surface area contributed by atoms with Crippen molar-refractivity contribution in [2.45, 2.75) is 44.7 Å². The van der Waals surface area contributed by atoms with Crippen molar-refractivity contribution in [1.82, 2.24) is 30.2 Å². The Morgan fingerprint density at radius 2 is 2.00 bits per heavy atom. The highest BCUT2D eigenvalue weighted by Crippen LogP contribution is 2.29. The maximum Gasteiger partial charge on any atom is 0.252 e. The van der Waals surface area contributed by atoms with E-state index in [1.54, 1.807) is 7.11 Å². The van der Waals surface area contributed by atoms with Gasteiger partial charge in [-0.05, 0) is 48.7 Å². The first-order chi connectivity index (χ1) is 17.7. The number of hydrogen-bond acceptors (Lipinski definition) is 6. The van der Waals surface area contributed by atoms with Crippen molar-refractivity contribution in [1.29, 1.82) is 0 Å².